The second-order valence-corrected chi connectivity index (χ2v) is 3.86. The van der Waals surface area contributed by atoms with Crippen LogP contribution in [0.15, 0.2) is 11.6 Å². The number of hydrogen-bond donors (Lipinski definition) is 2. The maximum absolute atomic E-state index is 11.2. The van der Waals surface area contributed by atoms with E-state index in [2.05, 4.69) is 0 Å². The van der Waals surface area contributed by atoms with Gasteiger partial charge < -0.3 is 14.9 Å². The Morgan fingerprint density at radius 2 is 2.43 bits per heavy atom. The fourth-order valence-corrected chi connectivity index (χ4v) is 1.47. The highest BCUT2D eigenvalue weighted by Crippen LogP contribution is 2.29. The quantitative estimate of drug-likeness (QED) is 0.510. The van der Waals surface area contributed by atoms with Gasteiger partial charge in [0.05, 0.1) is 6.61 Å². The summed E-state index contributed by atoms with van der Waals surface area (Å²) in [4.78, 5) is 11.2. The summed E-state index contributed by atoms with van der Waals surface area (Å²) in [6.07, 6.45) is 1.97. The highest BCUT2D eigenvalue weighted by Gasteiger charge is 2.45. The van der Waals surface area contributed by atoms with E-state index in [9.17, 15) is 9.90 Å². The number of carbonyl (C=O) groups is 1. The first-order valence-electron chi connectivity index (χ1n) is 4.68. The lowest BCUT2D eigenvalue weighted by Gasteiger charge is -2.15. The molecule has 2 N–H and O–H groups in total. The van der Waals surface area contributed by atoms with E-state index in [1.54, 1.807) is 19.9 Å². The summed E-state index contributed by atoms with van der Waals surface area (Å²) in [5.74, 6) is -0.563. The molecule has 1 aliphatic heterocycles. The summed E-state index contributed by atoms with van der Waals surface area (Å²) in [6, 6.07) is 0. The number of esters is 1. The molecule has 4 heteroatoms. The number of ether oxygens (including phenoxy) is 1. The summed E-state index contributed by atoms with van der Waals surface area (Å²) >= 11 is 0. The Bertz CT molecular complexity index is 259. The first-order valence-corrected chi connectivity index (χ1v) is 4.68. The van der Waals surface area contributed by atoms with Crippen LogP contribution in [-0.2, 0) is 9.53 Å². The van der Waals surface area contributed by atoms with Gasteiger partial charge in [0.1, 0.15) is 6.10 Å². The molecule has 1 rings (SSSR count). The van der Waals surface area contributed by atoms with E-state index < -0.39 is 11.6 Å². The SMILES string of the molecule is CC(=CCC1(O)CC(C)OC1=O)CO. The molecule has 1 fully saturated rings. The number of aliphatic hydroxyl groups excluding tert-OH is 1. The molecule has 2 unspecified atom stereocenters. The summed E-state index contributed by atoms with van der Waals surface area (Å²) in [6.45, 7) is 3.44. The van der Waals surface area contributed by atoms with Crippen LogP contribution in [0.1, 0.15) is 26.7 Å². The van der Waals surface area contributed by atoms with E-state index in [0.29, 0.717) is 6.42 Å². The normalized spacial score (nSPS) is 33.3. The van der Waals surface area contributed by atoms with Crippen LogP contribution in [-0.4, -0.2) is 34.5 Å². The van der Waals surface area contributed by atoms with Crippen LogP contribution in [0.2, 0.25) is 0 Å². The van der Waals surface area contributed by atoms with Gasteiger partial charge in [0.25, 0.3) is 0 Å². The van der Waals surface area contributed by atoms with Gasteiger partial charge in [0.2, 0.25) is 0 Å². The molecule has 14 heavy (non-hydrogen) atoms. The van der Waals surface area contributed by atoms with Crippen molar-refractivity contribution in [1.29, 1.82) is 0 Å². The zero-order valence-corrected chi connectivity index (χ0v) is 8.49. The Balaban J connectivity index is 2.63. The van der Waals surface area contributed by atoms with Crippen LogP contribution in [0.3, 0.4) is 0 Å². The molecule has 0 aromatic carbocycles. The molecule has 0 radical (unpaired) electrons. The zero-order valence-electron chi connectivity index (χ0n) is 8.49. The molecule has 0 aromatic rings. The maximum atomic E-state index is 11.2. The monoisotopic (exact) mass is 200 g/mol. The van der Waals surface area contributed by atoms with Crippen molar-refractivity contribution in [3.63, 3.8) is 0 Å². The van der Waals surface area contributed by atoms with Gasteiger partial charge in [-0.1, -0.05) is 11.6 Å². The summed E-state index contributed by atoms with van der Waals surface area (Å²) in [5.41, 5.74) is -0.652. The predicted molar refractivity (Wildman–Crippen MR) is 50.6 cm³/mol. The molecule has 4 nitrogen and oxygen atoms in total. The minimum Gasteiger partial charge on any atom is -0.460 e. The number of cyclic esters (lactones) is 1. The summed E-state index contributed by atoms with van der Waals surface area (Å²) < 4.78 is 4.86. The standard InChI is InChI=1S/C10H16O4/c1-7(6-11)3-4-10(13)5-8(2)14-9(10)12/h3,8,11,13H,4-6H2,1-2H3. The van der Waals surface area contributed by atoms with Crippen molar-refractivity contribution in [1.82, 2.24) is 0 Å². The van der Waals surface area contributed by atoms with Gasteiger partial charge in [-0.05, 0) is 13.8 Å². The van der Waals surface area contributed by atoms with E-state index in [1.165, 1.54) is 0 Å². The van der Waals surface area contributed by atoms with Crippen LogP contribution in [0.4, 0.5) is 0 Å². The lowest BCUT2D eigenvalue weighted by molar-refractivity contribution is -0.154. The Hall–Kier alpha value is -0.870. The summed E-state index contributed by atoms with van der Waals surface area (Å²) in [7, 11) is 0. The average molecular weight is 200 g/mol. The second kappa shape index (κ2) is 4.11. The molecule has 1 heterocycles. The van der Waals surface area contributed by atoms with E-state index in [1.807, 2.05) is 0 Å². The van der Waals surface area contributed by atoms with Gasteiger partial charge in [0.15, 0.2) is 5.60 Å². The predicted octanol–water partition coefficient (Wildman–Crippen LogP) is 0.382. The largest absolute Gasteiger partial charge is 0.460 e. The number of aliphatic hydroxyl groups is 2. The van der Waals surface area contributed by atoms with Crippen molar-refractivity contribution >= 4 is 5.97 Å². The van der Waals surface area contributed by atoms with Crippen molar-refractivity contribution in [2.24, 2.45) is 0 Å². The third-order valence-corrected chi connectivity index (χ3v) is 2.35. The zero-order chi connectivity index (χ0) is 10.8. The maximum Gasteiger partial charge on any atom is 0.338 e. The number of carbonyl (C=O) groups excluding carboxylic acids is 1. The third kappa shape index (κ3) is 2.33. The topological polar surface area (TPSA) is 66.8 Å². The van der Waals surface area contributed by atoms with Gasteiger partial charge in [-0.25, -0.2) is 4.79 Å². The first kappa shape index (κ1) is 11.2. The smallest absolute Gasteiger partial charge is 0.338 e. The van der Waals surface area contributed by atoms with Crippen molar-refractivity contribution in [3.05, 3.63) is 11.6 Å². The molecule has 1 saturated heterocycles. The summed E-state index contributed by atoms with van der Waals surface area (Å²) in [5, 5.41) is 18.6. The highest BCUT2D eigenvalue weighted by molar-refractivity contribution is 5.81. The van der Waals surface area contributed by atoms with E-state index in [-0.39, 0.29) is 19.1 Å². The fraction of sp³-hybridized carbons (Fsp3) is 0.700. The molecular formula is C10H16O4. The van der Waals surface area contributed by atoms with Gasteiger partial charge in [-0.3, -0.25) is 0 Å². The van der Waals surface area contributed by atoms with Gasteiger partial charge in [0, 0.05) is 12.8 Å². The van der Waals surface area contributed by atoms with E-state index >= 15 is 0 Å². The highest BCUT2D eigenvalue weighted by atomic mass is 16.6. The molecule has 0 saturated carbocycles. The minimum atomic E-state index is -1.39. The van der Waals surface area contributed by atoms with Crippen LogP contribution in [0.5, 0.6) is 0 Å². The molecule has 0 spiro atoms. The number of hydrogen-bond acceptors (Lipinski definition) is 4. The van der Waals surface area contributed by atoms with Crippen molar-refractivity contribution < 1.29 is 19.7 Å². The van der Waals surface area contributed by atoms with Crippen LogP contribution < -0.4 is 0 Å². The molecule has 0 aliphatic carbocycles. The van der Waals surface area contributed by atoms with E-state index in [4.69, 9.17) is 9.84 Å². The van der Waals surface area contributed by atoms with Gasteiger partial charge in [-0.2, -0.15) is 0 Å². The molecule has 0 aromatic heterocycles. The molecule has 0 bridgehead atoms. The second-order valence-electron chi connectivity index (χ2n) is 3.86. The van der Waals surface area contributed by atoms with Crippen LogP contribution in [0, 0.1) is 0 Å². The molecule has 0 amide bonds. The molecule has 2 atom stereocenters. The molecule has 1 aliphatic rings. The van der Waals surface area contributed by atoms with Crippen LogP contribution in [0.25, 0.3) is 0 Å². The van der Waals surface area contributed by atoms with Crippen molar-refractivity contribution in [2.75, 3.05) is 6.61 Å². The lowest BCUT2D eigenvalue weighted by Crippen LogP contribution is -2.33. The molecule has 80 valence electrons. The first-order chi connectivity index (χ1) is 6.48. The van der Waals surface area contributed by atoms with E-state index in [0.717, 1.165) is 5.57 Å². The van der Waals surface area contributed by atoms with Crippen molar-refractivity contribution in [2.45, 2.75) is 38.4 Å². The minimum absolute atomic E-state index is 0.0549. The average Bonchev–Trinajstić information content (AvgIpc) is 2.37. The number of rotatable bonds is 3. The Morgan fingerprint density at radius 3 is 2.86 bits per heavy atom. The Kier molecular flexibility index (Phi) is 3.29. The van der Waals surface area contributed by atoms with Crippen molar-refractivity contribution in [3.8, 4) is 0 Å². The third-order valence-electron chi connectivity index (χ3n) is 2.35. The Labute approximate surface area is 83.2 Å². The fourth-order valence-electron chi connectivity index (χ4n) is 1.47. The molecular weight excluding hydrogens is 184 g/mol. The lowest BCUT2D eigenvalue weighted by atomic mass is 9.95. The van der Waals surface area contributed by atoms with Gasteiger partial charge >= 0.3 is 5.97 Å². The van der Waals surface area contributed by atoms with Crippen LogP contribution >= 0.6 is 0 Å². The van der Waals surface area contributed by atoms with Gasteiger partial charge in [-0.15, -0.1) is 0 Å². The Morgan fingerprint density at radius 1 is 1.79 bits per heavy atom.